The maximum absolute atomic E-state index is 5.41. The molecular weight excluding hydrogens is 553 g/mol. The Morgan fingerprint density at radius 3 is 2.41 bits per heavy atom. The Balaban J connectivity index is 0.00000210. The first-order valence-corrected chi connectivity index (χ1v) is 9.22. The zero-order chi connectivity index (χ0) is 17.8. The molecule has 0 atom stereocenters. The molecule has 0 saturated carbocycles. The largest absolute Gasteiger partial charge is 2.00 e. The smallest absolute Gasteiger partial charge is 0.787 e. The van der Waals surface area contributed by atoms with Gasteiger partial charge < -0.3 is 17.6 Å². The fraction of sp³-hybridized carbons (Fsp3) is 0. The summed E-state index contributed by atoms with van der Waals surface area (Å²) in [4.78, 5) is 14.2. The van der Waals surface area contributed by atoms with E-state index in [1.54, 1.807) is 18.6 Å². The van der Waals surface area contributed by atoms with E-state index in [4.69, 9.17) is 17.6 Å². The molecule has 3 heterocycles. The Labute approximate surface area is 182 Å². The van der Waals surface area contributed by atoms with Crippen molar-refractivity contribution in [2.75, 3.05) is 0 Å². The molecule has 0 radical (unpaired) electrons. The summed E-state index contributed by atoms with van der Waals surface area (Å²) in [5.74, 6) is 0. The molecule has 6 heteroatoms. The van der Waals surface area contributed by atoms with Gasteiger partial charge in [-0.1, -0.05) is 59.8 Å². The minimum absolute atomic E-state index is 0. The molecule has 0 fully saturated rings. The van der Waals surface area contributed by atoms with E-state index in [0.29, 0.717) is 0 Å². The summed E-state index contributed by atoms with van der Waals surface area (Å²) < 4.78 is 0. The number of benzene rings is 1. The van der Waals surface area contributed by atoms with Crippen LogP contribution >= 0.6 is 11.8 Å². The van der Waals surface area contributed by atoms with Gasteiger partial charge in [0.15, 0.2) is 0 Å². The average molecular weight is 567 g/mol. The summed E-state index contributed by atoms with van der Waals surface area (Å²) in [5, 5.41) is 1.79. The van der Waals surface area contributed by atoms with E-state index in [1.807, 2.05) is 60.7 Å². The first kappa shape index (κ1) is 19.7. The third-order valence-electron chi connectivity index (χ3n) is 3.70. The van der Waals surface area contributed by atoms with Gasteiger partial charge in [-0.05, 0) is 30.6 Å². The SMILES string of the molecule is [Pt+2].[S-]c1ccccc1-c1[c-]c(-c2cccc(Sc3ccccn3)n2)cnc1. The van der Waals surface area contributed by atoms with E-state index in [2.05, 4.69) is 16.0 Å². The molecule has 3 aromatic heterocycles. The molecule has 1 aromatic carbocycles. The normalized spacial score (nSPS) is 10.2. The number of nitrogens with zero attached hydrogens (tertiary/aromatic N) is 3. The fourth-order valence-electron chi connectivity index (χ4n) is 2.49. The maximum Gasteiger partial charge on any atom is 2.00 e. The fourth-order valence-corrected chi connectivity index (χ4v) is 3.51. The number of hydrogen-bond acceptors (Lipinski definition) is 5. The minimum Gasteiger partial charge on any atom is -0.787 e. The van der Waals surface area contributed by atoms with E-state index < -0.39 is 0 Å². The van der Waals surface area contributed by atoms with Gasteiger partial charge in [-0.3, -0.25) is 4.98 Å². The molecule has 0 aliphatic carbocycles. The van der Waals surface area contributed by atoms with Crippen LogP contribution in [0.5, 0.6) is 0 Å². The van der Waals surface area contributed by atoms with Crippen molar-refractivity contribution >= 4 is 24.4 Å². The van der Waals surface area contributed by atoms with Crippen molar-refractivity contribution in [1.29, 1.82) is 0 Å². The van der Waals surface area contributed by atoms with Crippen LogP contribution in [0, 0.1) is 6.07 Å². The standard InChI is InChI=1S/C21H14N3S2.Pt/c25-19-8-2-1-6-17(19)15-12-16(14-22-13-15)18-7-5-10-21(24-18)26-20-9-3-4-11-23-20;/h1-11,13-14,25H;/q-1;+2/p-1. The van der Waals surface area contributed by atoms with E-state index in [9.17, 15) is 0 Å². The van der Waals surface area contributed by atoms with Crippen molar-refractivity contribution in [3.8, 4) is 22.4 Å². The third-order valence-corrected chi connectivity index (χ3v) is 4.94. The summed E-state index contributed by atoms with van der Waals surface area (Å²) in [6.45, 7) is 0. The minimum atomic E-state index is 0. The van der Waals surface area contributed by atoms with Crippen LogP contribution in [0.25, 0.3) is 22.4 Å². The Morgan fingerprint density at radius 1 is 0.815 bits per heavy atom. The van der Waals surface area contributed by atoms with Crippen LogP contribution in [0.3, 0.4) is 0 Å². The van der Waals surface area contributed by atoms with Crippen LogP contribution in [-0.4, -0.2) is 15.0 Å². The number of rotatable bonds is 4. The molecule has 3 nitrogen and oxygen atoms in total. The Hall–Kier alpha value is -2.07. The number of pyridine rings is 3. The van der Waals surface area contributed by atoms with Crippen LogP contribution in [0.4, 0.5) is 0 Å². The van der Waals surface area contributed by atoms with E-state index in [-0.39, 0.29) is 21.1 Å². The molecular formula is C21H13N3PtS2. The predicted molar refractivity (Wildman–Crippen MR) is 106 cm³/mol. The van der Waals surface area contributed by atoms with Crippen LogP contribution in [0.2, 0.25) is 0 Å². The number of hydrogen-bond donors (Lipinski definition) is 0. The average Bonchev–Trinajstić information content (AvgIpc) is 2.69. The van der Waals surface area contributed by atoms with E-state index in [1.165, 1.54) is 11.8 Å². The van der Waals surface area contributed by atoms with Crippen molar-refractivity contribution < 1.29 is 21.1 Å². The summed E-state index contributed by atoms with van der Waals surface area (Å²) >= 11 is 6.94. The Bertz CT molecular complexity index is 1040. The van der Waals surface area contributed by atoms with Gasteiger partial charge in [-0.15, -0.1) is 17.2 Å². The van der Waals surface area contributed by atoms with Crippen molar-refractivity contribution in [2.24, 2.45) is 0 Å². The quantitative estimate of drug-likeness (QED) is 0.255. The second-order valence-electron chi connectivity index (χ2n) is 5.49. The summed E-state index contributed by atoms with van der Waals surface area (Å²) in [6, 6.07) is 22.9. The molecule has 134 valence electrons. The molecule has 0 saturated heterocycles. The van der Waals surface area contributed by atoms with Gasteiger partial charge in [-0.2, -0.15) is 0 Å². The van der Waals surface area contributed by atoms with E-state index >= 15 is 0 Å². The molecule has 0 aliphatic heterocycles. The first-order valence-electron chi connectivity index (χ1n) is 8.00. The summed E-state index contributed by atoms with van der Waals surface area (Å²) in [7, 11) is 0. The van der Waals surface area contributed by atoms with Gasteiger partial charge in [0.1, 0.15) is 5.03 Å². The summed E-state index contributed by atoms with van der Waals surface area (Å²) in [6.07, 6.45) is 5.33. The van der Waals surface area contributed by atoms with Crippen molar-refractivity contribution in [3.05, 3.63) is 85.3 Å². The van der Waals surface area contributed by atoms with Crippen molar-refractivity contribution in [3.63, 3.8) is 0 Å². The first-order chi connectivity index (χ1) is 12.8. The van der Waals surface area contributed by atoms with E-state index in [0.717, 1.165) is 37.3 Å². The molecule has 0 N–H and O–H groups in total. The van der Waals surface area contributed by atoms with Gasteiger partial charge in [0, 0.05) is 11.9 Å². The zero-order valence-electron chi connectivity index (χ0n) is 14.0. The van der Waals surface area contributed by atoms with Crippen molar-refractivity contribution in [2.45, 2.75) is 14.9 Å². The summed E-state index contributed by atoms with van der Waals surface area (Å²) in [5.41, 5.74) is 3.49. The van der Waals surface area contributed by atoms with Crippen LogP contribution in [0.1, 0.15) is 0 Å². The van der Waals surface area contributed by atoms with Crippen molar-refractivity contribution in [1.82, 2.24) is 15.0 Å². The van der Waals surface area contributed by atoms with Crippen LogP contribution < -0.4 is 0 Å². The Kier molecular flexibility index (Phi) is 6.72. The molecule has 0 amide bonds. The van der Waals surface area contributed by atoms with Gasteiger partial charge in [-0.25, -0.2) is 9.88 Å². The van der Waals surface area contributed by atoms with Gasteiger partial charge in [0.05, 0.1) is 5.03 Å². The molecule has 0 spiro atoms. The zero-order valence-corrected chi connectivity index (χ0v) is 17.9. The van der Waals surface area contributed by atoms with Gasteiger partial charge >= 0.3 is 21.1 Å². The maximum atomic E-state index is 5.41. The predicted octanol–water partition coefficient (Wildman–Crippen LogP) is 5.06. The molecule has 27 heavy (non-hydrogen) atoms. The van der Waals surface area contributed by atoms with Crippen LogP contribution in [0.15, 0.2) is 94.2 Å². The molecule has 4 rings (SSSR count). The Morgan fingerprint density at radius 2 is 1.59 bits per heavy atom. The molecule has 4 aromatic rings. The second-order valence-corrected chi connectivity index (χ2v) is 6.97. The monoisotopic (exact) mass is 566 g/mol. The topological polar surface area (TPSA) is 38.7 Å². The van der Waals surface area contributed by atoms with Gasteiger partial charge in [0.25, 0.3) is 0 Å². The molecule has 0 bridgehead atoms. The van der Waals surface area contributed by atoms with Gasteiger partial charge in [0.2, 0.25) is 0 Å². The van der Waals surface area contributed by atoms with Crippen LogP contribution in [-0.2, 0) is 33.7 Å². The third kappa shape index (κ3) is 4.81. The second kappa shape index (κ2) is 9.22. The number of aromatic nitrogens is 3. The molecule has 0 unspecified atom stereocenters. The molecule has 0 aliphatic rings.